The Bertz CT molecular complexity index is 374. The van der Waals surface area contributed by atoms with E-state index in [9.17, 15) is 9.90 Å². The van der Waals surface area contributed by atoms with Crippen molar-refractivity contribution in [2.45, 2.75) is 33.1 Å². The molecule has 0 heterocycles. The van der Waals surface area contributed by atoms with Gasteiger partial charge in [-0.2, -0.15) is 0 Å². The second-order valence-corrected chi connectivity index (χ2v) is 3.85. The maximum atomic E-state index is 11.2. The highest BCUT2D eigenvalue weighted by Gasteiger charge is 2.05. The molecule has 1 aromatic carbocycles. The van der Waals surface area contributed by atoms with Crippen LogP contribution in [0.3, 0.4) is 0 Å². The number of carbonyl (C=O) groups is 1. The molecule has 0 radical (unpaired) electrons. The molecular formula is C13H18O4. The molecule has 0 aliphatic rings. The van der Waals surface area contributed by atoms with Crippen LogP contribution >= 0.6 is 0 Å². The summed E-state index contributed by atoms with van der Waals surface area (Å²) in [5.74, 6) is 0.0903. The number of hydrogen-bond donors (Lipinski definition) is 1. The van der Waals surface area contributed by atoms with Crippen LogP contribution in [-0.4, -0.2) is 17.9 Å². The molecule has 0 saturated carbocycles. The van der Waals surface area contributed by atoms with Gasteiger partial charge in [-0.15, -0.1) is 0 Å². The topological polar surface area (TPSA) is 55.8 Å². The first kappa shape index (κ1) is 13.4. The summed E-state index contributed by atoms with van der Waals surface area (Å²) in [7, 11) is 0. The van der Waals surface area contributed by atoms with Gasteiger partial charge in [0.05, 0.1) is 0 Å². The molecule has 17 heavy (non-hydrogen) atoms. The molecule has 0 aliphatic carbocycles. The Morgan fingerprint density at radius 3 is 2.88 bits per heavy atom. The van der Waals surface area contributed by atoms with Gasteiger partial charge in [0.25, 0.3) is 0 Å². The summed E-state index contributed by atoms with van der Waals surface area (Å²) in [5.41, 5.74) is 0.968. The van der Waals surface area contributed by atoms with Crippen LogP contribution in [0.5, 0.6) is 11.5 Å². The van der Waals surface area contributed by atoms with Gasteiger partial charge in [-0.25, -0.2) is 0 Å². The number of ether oxygens (including phenoxy) is 2. The van der Waals surface area contributed by atoms with Crippen molar-refractivity contribution in [3.05, 3.63) is 23.8 Å². The van der Waals surface area contributed by atoms with E-state index in [1.807, 2.05) is 13.8 Å². The molecule has 1 N–H and O–H groups in total. The lowest BCUT2D eigenvalue weighted by atomic mass is 10.2. The lowest BCUT2D eigenvalue weighted by Gasteiger charge is -2.09. The zero-order valence-corrected chi connectivity index (χ0v) is 10.2. The second-order valence-electron chi connectivity index (χ2n) is 3.85. The minimum absolute atomic E-state index is 0.0419. The van der Waals surface area contributed by atoms with E-state index < -0.39 is 0 Å². The van der Waals surface area contributed by atoms with Crippen molar-refractivity contribution >= 4 is 5.97 Å². The summed E-state index contributed by atoms with van der Waals surface area (Å²) in [6.07, 6.45) is 2.17. The van der Waals surface area contributed by atoms with Gasteiger partial charge in [-0.05, 0) is 31.0 Å². The lowest BCUT2D eigenvalue weighted by Crippen LogP contribution is -2.10. The van der Waals surface area contributed by atoms with Crippen molar-refractivity contribution in [2.24, 2.45) is 0 Å². The van der Waals surface area contributed by atoms with Crippen LogP contribution in [-0.2, 0) is 9.53 Å². The fourth-order valence-corrected chi connectivity index (χ4v) is 1.29. The molecular weight excluding hydrogens is 220 g/mol. The van der Waals surface area contributed by atoms with Crippen molar-refractivity contribution in [3.8, 4) is 11.5 Å². The number of unbranched alkanes of at least 4 members (excludes halogenated alkanes) is 1. The van der Waals surface area contributed by atoms with Crippen LogP contribution in [0.1, 0.15) is 31.7 Å². The van der Waals surface area contributed by atoms with Gasteiger partial charge in [0, 0.05) is 6.42 Å². The van der Waals surface area contributed by atoms with Gasteiger partial charge in [0.1, 0.15) is 0 Å². The first-order chi connectivity index (χ1) is 8.13. The highest BCUT2D eigenvalue weighted by atomic mass is 16.7. The van der Waals surface area contributed by atoms with Crippen molar-refractivity contribution in [2.75, 3.05) is 6.79 Å². The van der Waals surface area contributed by atoms with Gasteiger partial charge in [0.15, 0.2) is 11.5 Å². The molecule has 0 fully saturated rings. The number of phenolic OH excluding ortho intramolecular Hbond substituents is 1. The zero-order chi connectivity index (χ0) is 12.7. The summed E-state index contributed by atoms with van der Waals surface area (Å²) in [5, 5.41) is 9.48. The van der Waals surface area contributed by atoms with E-state index in [4.69, 9.17) is 9.47 Å². The minimum atomic E-state index is -0.279. The van der Waals surface area contributed by atoms with Gasteiger partial charge in [-0.1, -0.05) is 19.4 Å². The number of benzene rings is 1. The van der Waals surface area contributed by atoms with E-state index in [0.717, 1.165) is 18.4 Å². The molecule has 0 unspecified atom stereocenters. The first-order valence-corrected chi connectivity index (χ1v) is 5.71. The van der Waals surface area contributed by atoms with E-state index >= 15 is 0 Å². The van der Waals surface area contributed by atoms with Gasteiger partial charge in [0.2, 0.25) is 6.79 Å². The summed E-state index contributed by atoms with van der Waals surface area (Å²) < 4.78 is 10.0. The number of aromatic hydroxyl groups is 1. The van der Waals surface area contributed by atoms with Crippen LogP contribution in [0.15, 0.2) is 18.2 Å². The number of hydrogen-bond acceptors (Lipinski definition) is 4. The third-order valence-electron chi connectivity index (χ3n) is 2.28. The summed E-state index contributed by atoms with van der Waals surface area (Å²) in [6, 6.07) is 5.01. The zero-order valence-electron chi connectivity index (χ0n) is 10.2. The van der Waals surface area contributed by atoms with Crippen LogP contribution in [0.25, 0.3) is 0 Å². The Hall–Kier alpha value is -1.71. The summed E-state index contributed by atoms with van der Waals surface area (Å²) >= 11 is 0. The number of esters is 1. The number of aryl methyl sites for hydroxylation is 1. The molecule has 0 atom stereocenters. The molecule has 94 valence electrons. The third kappa shape index (κ3) is 4.76. The smallest absolute Gasteiger partial charge is 0.308 e. The van der Waals surface area contributed by atoms with Gasteiger partial charge < -0.3 is 14.6 Å². The molecule has 0 bridgehead atoms. The lowest BCUT2D eigenvalue weighted by molar-refractivity contribution is -0.150. The van der Waals surface area contributed by atoms with E-state index in [1.165, 1.54) is 0 Å². The van der Waals surface area contributed by atoms with Crippen LogP contribution < -0.4 is 4.74 Å². The fraction of sp³-hybridized carbons (Fsp3) is 0.462. The molecule has 0 aliphatic heterocycles. The number of carbonyl (C=O) groups excluding carboxylic acids is 1. The Kier molecular flexibility index (Phi) is 5.33. The van der Waals surface area contributed by atoms with Crippen molar-refractivity contribution in [3.63, 3.8) is 0 Å². The highest BCUT2D eigenvalue weighted by molar-refractivity contribution is 5.69. The van der Waals surface area contributed by atoms with E-state index in [1.54, 1.807) is 18.2 Å². The average molecular weight is 238 g/mol. The van der Waals surface area contributed by atoms with E-state index in [0.29, 0.717) is 12.2 Å². The van der Waals surface area contributed by atoms with Crippen LogP contribution in [0.4, 0.5) is 0 Å². The Morgan fingerprint density at radius 1 is 1.41 bits per heavy atom. The summed E-state index contributed by atoms with van der Waals surface area (Å²) in [6.45, 7) is 3.73. The molecule has 4 nitrogen and oxygen atoms in total. The number of phenols is 1. The molecule has 0 spiro atoms. The maximum absolute atomic E-state index is 11.2. The van der Waals surface area contributed by atoms with Crippen molar-refractivity contribution < 1.29 is 19.4 Å². The maximum Gasteiger partial charge on any atom is 0.308 e. The van der Waals surface area contributed by atoms with Gasteiger partial charge in [-0.3, -0.25) is 4.79 Å². The largest absolute Gasteiger partial charge is 0.504 e. The predicted molar refractivity (Wildman–Crippen MR) is 64.0 cm³/mol. The Balaban J connectivity index is 2.35. The van der Waals surface area contributed by atoms with Crippen LogP contribution in [0.2, 0.25) is 0 Å². The molecule has 1 rings (SSSR count). The average Bonchev–Trinajstić information content (AvgIpc) is 2.31. The monoisotopic (exact) mass is 238 g/mol. The molecule has 1 aromatic rings. The molecule has 0 saturated heterocycles. The standard InChI is InChI=1S/C13H18O4/c1-3-4-5-13(15)17-9-16-12-8-10(2)6-7-11(12)14/h6-8,14H,3-5,9H2,1-2H3. The minimum Gasteiger partial charge on any atom is -0.504 e. The number of rotatable bonds is 6. The predicted octanol–water partition coefficient (Wildman–Crippen LogP) is 2.77. The molecule has 4 heteroatoms. The quantitative estimate of drug-likeness (QED) is 0.611. The van der Waals surface area contributed by atoms with Gasteiger partial charge >= 0.3 is 5.97 Å². The highest BCUT2D eigenvalue weighted by Crippen LogP contribution is 2.26. The summed E-state index contributed by atoms with van der Waals surface area (Å²) in [4.78, 5) is 11.2. The SMILES string of the molecule is CCCCC(=O)OCOc1cc(C)ccc1O. The third-order valence-corrected chi connectivity index (χ3v) is 2.28. The van der Waals surface area contributed by atoms with E-state index in [-0.39, 0.29) is 18.5 Å². The Labute approximate surface area is 101 Å². The fourth-order valence-electron chi connectivity index (χ4n) is 1.29. The normalized spacial score (nSPS) is 10.0. The molecule has 0 amide bonds. The van der Waals surface area contributed by atoms with Crippen molar-refractivity contribution in [1.29, 1.82) is 0 Å². The second kappa shape index (κ2) is 6.78. The van der Waals surface area contributed by atoms with Crippen molar-refractivity contribution in [1.82, 2.24) is 0 Å². The van der Waals surface area contributed by atoms with Crippen LogP contribution in [0, 0.1) is 6.92 Å². The Morgan fingerprint density at radius 2 is 2.18 bits per heavy atom. The molecule has 0 aromatic heterocycles. The first-order valence-electron chi connectivity index (χ1n) is 5.71. The van der Waals surface area contributed by atoms with E-state index in [2.05, 4.69) is 0 Å².